The zero-order valence-electron chi connectivity index (χ0n) is 12.6. The van der Waals surface area contributed by atoms with Crippen molar-refractivity contribution in [3.63, 3.8) is 0 Å². The molecule has 0 aliphatic carbocycles. The SMILES string of the molecule is CCN1CCN(C(=O)C(C)Oc2ccc(C#N)cc2)CC1. The zero-order valence-corrected chi connectivity index (χ0v) is 12.6. The first kappa shape index (κ1) is 15.3. The van der Waals surface area contributed by atoms with Gasteiger partial charge in [0.25, 0.3) is 5.91 Å². The minimum atomic E-state index is -0.508. The van der Waals surface area contributed by atoms with Gasteiger partial charge in [-0.25, -0.2) is 0 Å². The number of hydrogen-bond donors (Lipinski definition) is 0. The highest BCUT2D eigenvalue weighted by Gasteiger charge is 2.25. The van der Waals surface area contributed by atoms with E-state index in [4.69, 9.17) is 10.00 Å². The monoisotopic (exact) mass is 287 g/mol. The van der Waals surface area contributed by atoms with Crippen molar-refractivity contribution in [2.24, 2.45) is 0 Å². The van der Waals surface area contributed by atoms with Gasteiger partial charge in [0.05, 0.1) is 11.6 Å². The first-order valence-electron chi connectivity index (χ1n) is 7.32. The topological polar surface area (TPSA) is 56.6 Å². The molecule has 1 saturated heterocycles. The molecule has 5 nitrogen and oxygen atoms in total. The largest absolute Gasteiger partial charge is 0.481 e. The third-order valence-corrected chi connectivity index (χ3v) is 3.78. The van der Waals surface area contributed by atoms with Crippen molar-refractivity contribution in [2.75, 3.05) is 32.7 Å². The summed E-state index contributed by atoms with van der Waals surface area (Å²) < 4.78 is 5.67. The van der Waals surface area contributed by atoms with Crippen LogP contribution in [0.4, 0.5) is 0 Å². The van der Waals surface area contributed by atoms with Gasteiger partial charge in [-0.2, -0.15) is 5.26 Å². The summed E-state index contributed by atoms with van der Waals surface area (Å²) >= 11 is 0. The summed E-state index contributed by atoms with van der Waals surface area (Å²) in [5.74, 6) is 0.636. The van der Waals surface area contributed by atoms with Crippen molar-refractivity contribution in [3.05, 3.63) is 29.8 Å². The van der Waals surface area contributed by atoms with Gasteiger partial charge in [-0.1, -0.05) is 6.92 Å². The summed E-state index contributed by atoms with van der Waals surface area (Å²) in [7, 11) is 0. The number of rotatable bonds is 4. The Hall–Kier alpha value is -2.06. The lowest BCUT2D eigenvalue weighted by molar-refractivity contribution is -0.139. The molecule has 1 fully saturated rings. The molecule has 1 heterocycles. The quantitative estimate of drug-likeness (QED) is 0.842. The normalized spacial score (nSPS) is 17.1. The van der Waals surface area contributed by atoms with Crippen molar-refractivity contribution < 1.29 is 9.53 Å². The smallest absolute Gasteiger partial charge is 0.263 e. The molecule has 1 amide bonds. The fourth-order valence-corrected chi connectivity index (χ4v) is 2.40. The predicted octanol–water partition coefficient (Wildman–Crippen LogP) is 1.49. The van der Waals surface area contributed by atoms with Gasteiger partial charge in [-0.05, 0) is 37.7 Å². The van der Waals surface area contributed by atoms with Crippen molar-refractivity contribution >= 4 is 5.91 Å². The summed E-state index contributed by atoms with van der Waals surface area (Å²) in [5.41, 5.74) is 0.581. The van der Waals surface area contributed by atoms with E-state index in [0.717, 1.165) is 32.7 Å². The minimum absolute atomic E-state index is 0.0233. The molecule has 1 aromatic rings. The molecule has 0 bridgehead atoms. The highest BCUT2D eigenvalue weighted by molar-refractivity contribution is 5.81. The average Bonchev–Trinajstić information content (AvgIpc) is 2.55. The number of nitriles is 1. The lowest BCUT2D eigenvalue weighted by Gasteiger charge is -2.35. The maximum atomic E-state index is 12.4. The van der Waals surface area contributed by atoms with Gasteiger partial charge in [0.1, 0.15) is 5.75 Å². The number of amides is 1. The third kappa shape index (κ3) is 3.96. The second-order valence-electron chi connectivity index (χ2n) is 5.16. The highest BCUT2D eigenvalue weighted by Crippen LogP contribution is 2.15. The molecule has 1 aliphatic rings. The molecule has 1 unspecified atom stereocenters. The fraction of sp³-hybridized carbons (Fsp3) is 0.500. The Morgan fingerprint density at radius 2 is 1.90 bits per heavy atom. The van der Waals surface area contributed by atoms with Crippen molar-refractivity contribution in [1.82, 2.24) is 9.80 Å². The summed E-state index contributed by atoms with van der Waals surface area (Å²) in [6, 6.07) is 8.87. The van der Waals surface area contributed by atoms with Crippen LogP contribution in [0.25, 0.3) is 0 Å². The molecule has 0 radical (unpaired) electrons. The van der Waals surface area contributed by atoms with Crippen LogP contribution in [0.15, 0.2) is 24.3 Å². The number of carbonyl (C=O) groups is 1. The lowest BCUT2D eigenvalue weighted by Crippen LogP contribution is -2.51. The summed E-state index contributed by atoms with van der Waals surface area (Å²) in [6.07, 6.45) is -0.508. The van der Waals surface area contributed by atoms with Crippen LogP contribution in [-0.2, 0) is 4.79 Å². The van der Waals surface area contributed by atoms with Crippen molar-refractivity contribution in [2.45, 2.75) is 20.0 Å². The van der Waals surface area contributed by atoms with Gasteiger partial charge < -0.3 is 14.5 Å². The molecule has 21 heavy (non-hydrogen) atoms. The van der Waals surface area contributed by atoms with Crippen molar-refractivity contribution in [1.29, 1.82) is 5.26 Å². The van der Waals surface area contributed by atoms with Crippen LogP contribution < -0.4 is 4.74 Å². The van der Waals surface area contributed by atoms with Gasteiger partial charge in [-0.3, -0.25) is 4.79 Å². The van der Waals surface area contributed by atoms with E-state index in [-0.39, 0.29) is 5.91 Å². The van der Waals surface area contributed by atoms with Crippen LogP contribution in [0.3, 0.4) is 0 Å². The van der Waals surface area contributed by atoms with E-state index in [1.165, 1.54) is 0 Å². The number of piperazine rings is 1. The van der Waals surface area contributed by atoms with Gasteiger partial charge in [0.15, 0.2) is 6.10 Å². The molecule has 5 heteroatoms. The van der Waals surface area contributed by atoms with Gasteiger partial charge in [-0.15, -0.1) is 0 Å². The van der Waals surface area contributed by atoms with Crippen LogP contribution in [-0.4, -0.2) is 54.5 Å². The number of carbonyl (C=O) groups excluding carboxylic acids is 1. The summed E-state index contributed by atoms with van der Waals surface area (Å²) in [4.78, 5) is 16.5. The van der Waals surface area contributed by atoms with Crippen LogP contribution >= 0.6 is 0 Å². The molecule has 0 N–H and O–H groups in total. The van der Waals surface area contributed by atoms with Crippen molar-refractivity contribution in [3.8, 4) is 11.8 Å². The molecule has 0 aromatic heterocycles. The van der Waals surface area contributed by atoms with E-state index < -0.39 is 6.10 Å². The predicted molar refractivity (Wildman–Crippen MR) is 79.9 cm³/mol. The third-order valence-electron chi connectivity index (χ3n) is 3.78. The maximum absolute atomic E-state index is 12.4. The molecular formula is C16H21N3O2. The molecule has 1 aromatic carbocycles. The van der Waals surface area contributed by atoms with Crippen LogP contribution in [0.5, 0.6) is 5.75 Å². The molecule has 1 aliphatic heterocycles. The fourth-order valence-electron chi connectivity index (χ4n) is 2.40. The Balaban J connectivity index is 1.89. The summed E-state index contributed by atoms with van der Waals surface area (Å²) in [5, 5.41) is 8.75. The summed E-state index contributed by atoms with van der Waals surface area (Å²) in [6.45, 7) is 8.29. The molecular weight excluding hydrogens is 266 g/mol. The average molecular weight is 287 g/mol. The van der Waals surface area contributed by atoms with E-state index in [1.807, 2.05) is 4.90 Å². The Labute approximate surface area is 125 Å². The molecule has 0 saturated carbocycles. The molecule has 112 valence electrons. The highest BCUT2D eigenvalue weighted by atomic mass is 16.5. The first-order valence-corrected chi connectivity index (χ1v) is 7.32. The maximum Gasteiger partial charge on any atom is 0.263 e. The van der Waals surface area contributed by atoms with E-state index >= 15 is 0 Å². The van der Waals surface area contributed by atoms with E-state index in [0.29, 0.717) is 11.3 Å². The molecule has 1 atom stereocenters. The van der Waals surface area contributed by atoms with Gasteiger partial charge >= 0.3 is 0 Å². The Morgan fingerprint density at radius 1 is 1.29 bits per heavy atom. The number of likely N-dealkylation sites (N-methyl/N-ethyl adjacent to an activating group) is 1. The Morgan fingerprint density at radius 3 is 2.43 bits per heavy atom. The van der Waals surface area contributed by atoms with E-state index in [9.17, 15) is 4.79 Å². The Kier molecular flexibility index (Phi) is 5.18. The number of ether oxygens (including phenoxy) is 1. The standard InChI is InChI=1S/C16H21N3O2/c1-3-18-8-10-19(11-9-18)16(20)13(2)21-15-6-4-14(12-17)5-7-15/h4-7,13H,3,8-11H2,1-2H3. The first-order chi connectivity index (χ1) is 10.1. The number of hydrogen-bond acceptors (Lipinski definition) is 4. The van der Waals surface area contributed by atoms with Gasteiger partial charge in [0.2, 0.25) is 0 Å². The zero-order chi connectivity index (χ0) is 15.2. The van der Waals surface area contributed by atoms with Gasteiger partial charge in [0, 0.05) is 26.2 Å². The minimum Gasteiger partial charge on any atom is -0.481 e. The van der Waals surface area contributed by atoms with Crippen LogP contribution in [0.1, 0.15) is 19.4 Å². The molecule has 0 spiro atoms. The number of benzene rings is 1. The van der Waals surface area contributed by atoms with Crippen LogP contribution in [0.2, 0.25) is 0 Å². The molecule has 2 rings (SSSR count). The second kappa shape index (κ2) is 7.09. The van der Waals surface area contributed by atoms with E-state index in [2.05, 4.69) is 17.9 Å². The Bertz CT molecular complexity index is 513. The second-order valence-corrected chi connectivity index (χ2v) is 5.16. The number of nitrogens with zero attached hydrogens (tertiary/aromatic N) is 3. The van der Waals surface area contributed by atoms with Crippen LogP contribution in [0, 0.1) is 11.3 Å². The lowest BCUT2D eigenvalue weighted by atomic mass is 10.2. The van der Waals surface area contributed by atoms with E-state index in [1.54, 1.807) is 31.2 Å².